The van der Waals surface area contributed by atoms with Crippen LogP contribution < -0.4 is 9.47 Å². The molecule has 0 bridgehead atoms. The number of carbonyl (C=O) groups is 2. The predicted octanol–water partition coefficient (Wildman–Crippen LogP) is 4.88. The number of halogens is 1. The summed E-state index contributed by atoms with van der Waals surface area (Å²) in [5.41, 5.74) is 5.09. The van der Waals surface area contributed by atoms with E-state index in [2.05, 4.69) is 27.0 Å². The summed E-state index contributed by atoms with van der Waals surface area (Å²) in [5, 5.41) is 1.10. The van der Waals surface area contributed by atoms with Gasteiger partial charge in [0.25, 0.3) is 0 Å². The predicted molar refractivity (Wildman–Crippen MR) is 148 cm³/mol. The molecule has 3 aromatic carbocycles. The number of nitrogens with zero attached hydrogens (tertiary/aromatic N) is 2. The first-order valence-corrected chi connectivity index (χ1v) is 13.4. The highest BCUT2D eigenvalue weighted by Gasteiger charge is 2.48. The van der Waals surface area contributed by atoms with Crippen LogP contribution in [0, 0.1) is 0 Å². The fraction of sp³-hybridized carbons (Fsp3) is 0.267. The van der Waals surface area contributed by atoms with Gasteiger partial charge >= 0.3 is 0 Å². The molecular formula is C30H28BrN3O4. The molecule has 1 fully saturated rings. The molecule has 0 saturated carbocycles. The molecule has 8 heteroatoms. The number of nitrogens with one attached hydrogen (secondary N) is 1. The van der Waals surface area contributed by atoms with E-state index in [1.54, 1.807) is 24.0 Å². The van der Waals surface area contributed by atoms with Crippen molar-refractivity contribution < 1.29 is 19.1 Å². The number of fused-ring (bicyclic) bond motifs is 4. The molecule has 2 unspecified atom stereocenters. The number of ether oxygens (including phenoxy) is 2. The van der Waals surface area contributed by atoms with Gasteiger partial charge in [0.05, 0.1) is 26.8 Å². The van der Waals surface area contributed by atoms with E-state index in [0.717, 1.165) is 37.8 Å². The van der Waals surface area contributed by atoms with Gasteiger partial charge in [0.15, 0.2) is 11.5 Å². The van der Waals surface area contributed by atoms with Crippen LogP contribution >= 0.6 is 15.9 Å². The van der Waals surface area contributed by atoms with E-state index < -0.39 is 6.04 Å². The van der Waals surface area contributed by atoms with Crippen molar-refractivity contribution in [3.05, 3.63) is 93.6 Å². The van der Waals surface area contributed by atoms with Gasteiger partial charge in [-0.1, -0.05) is 52.3 Å². The quantitative estimate of drug-likeness (QED) is 0.357. The summed E-state index contributed by atoms with van der Waals surface area (Å²) >= 11 is 3.58. The van der Waals surface area contributed by atoms with Gasteiger partial charge in [-0.3, -0.25) is 9.59 Å². The number of piperazine rings is 1. The summed E-state index contributed by atoms with van der Waals surface area (Å²) in [6, 6.07) is 21.0. The number of hydrogen-bond acceptors (Lipinski definition) is 4. The van der Waals surface area contributed by atoms with Crippen molar-refractivity contribution in [2.24, 2.45) is 0 Å². The highest BCUT2D eigenvalue weighted by molar-refractivity contribution is 9.10. The summed E-state index contributed by atoms with van der Waals surface area (Å²) in [6.07, 6.45) is 1.10. The van der Waals surface area contributed by atoms with Gasteiger partial charge in [-0.25, -0.2) is 0 Å². The third-order valence-corrected chi connectivity index (χ3v) is 8.12. The molecule has 2 atom stereocenters. The topological polar surface area (TPSA) is 74.9 Å². The van der Waals surface area contributed by atoms with Crippen molar-refractivity contribution in [2.45, 2.75) is 24.9 Å². The van der Waals surface area contributed by atoms with Gasteiger partial charge in [0.1, 0.15) is 6.04 Å². The summed E-state index contributed by atoms with van der Waals surface area (Å²) < 4.78 is 11.7. The molecule has 2 aliphatic rings. The van der Waals surface area contributed by atoms with Gasteiger partial charge in [0.2, 0.25) is 11.8 Å². The first-order valence-electron chi connectivity index (χ1n) is 12.6. The van der Waals surface area contributed by atoms with Crippen molar-refractivity contribution >= 4 is 38.6 Å². The third kappa shape index (κ3) is 4.13. The van der Waals surface area contributed by atoms with Crippen molar-refractivity contribution in [1.82, 2.24) is 14.8 Å². The summed E-state index contributed by atoms with van der Waals surface area (Å²) in [7, 11) is 3.21. The first-order chi connectivity index (χ1) is 18.5. The Morgan fingerprint density at radius 1 is 0.974 bits per heavy atom. The fourth-order valence-corrected chi connectivity index (χ4v) is 6.25. The molecule has 0 spiro atoms. The maximum absolute atomic E-state index is 13.9. The molecule has 3 heterocycles. The number of aromatic nitrogens is 1. The molecule has 194 valence electrons. The fourth-order valence-electron chi connectivity index (χ4n) is 5.84. The Bertz CT molecular complexity index is 1550. The van der Waals surface area contributed by atoms with E-state index in [4.69, 9.17) is 9.47 Å². The zero-order valence-electron chi connectivity index (χ0n) is 21.2. The molecule has 0 aliphatic carbocycles. The lowest BCUT2D eigenvalue weighted by Crippen LogP contribution is -2.63. The number of carbonyl (C=O) groups excluding carboxylic acids is 2. The minimum Gasteiger partial charge on any atom is -0.493 e. The second kappa shape index (κ2) is 9.83. The van der Waals surface area contributed by atoms with E-state index in [0.29, 0.717) is 30.9 Å². The first kappa shape index (κ1) is 24.6. The Hall–Kier alpha value is -3.78. The monoisotopic (exact) mass is 573 g/mol. The molecule has 38 heavy (non-hydrogen) atoms. The number of aromatic amines is 1. The number of rotatable bonds is 6. The normalized spacial score (nSPS) is 18.9. The number of H-pyrrole nitrogens is 1. The molecule has 1 N–H and O–H groups in total. The van der Waals surface area contributed by atoms with Gasteiger partial charge in [-0.2, -0.15) is 0 Å². The van der Waals surface area contributed by atoms with Crippen LogP contribution in [-0.4, -0.2) is 59.9 Å². The van der Waals surface area contributed by atoms with E-state index in [1.165, 1.54) is 0 Å². The smallest absolute Gasteiger partial charge is 0.246 e. The SMILES string of the molecule is COc1ccc(CCN2CC(=O)N3C(Cc4c([nH]c5ccccc45)C3c3cccc(Br)c3)C2=O)cc1OC. The Morgan fingerprint density at radius 2 is 1.79 bits per heavy atom. The van der Waals surface area contributed by atoms with Gasteiger partial charge in [-0.05, 0) is 53.4 Å². The van der Waals surface area contributed by atoms with Crippen LogP contribution in [0.5, 0.6) is 11.5 Å². The molecule has 0 radical (unpaired) electrons. The van der Waals surface area contributed by atoms with E-state index >= 15 is 0 Å². The molecule has 1 aromatic heterocycles. The lowest BCUT2D eigenvalue weighted by Gasteiger charge is -2.47. The van der Waals surface area contributed by atoms with Gasteiger partial charge in [0, 0.05) is 34.0 Å². The highest BCUT2D eigenvalue weighted by atomic mass is 79.9. The molecule has 2 aliphatic heterocycles. The summed E-state index contributed by atoms with van der Waals surface area (Å²) in [6.45, 7) is 0.509. The summed E-state index contributed by atoms with van der Waals surface area (Å²) in [4.78, 5) is 34.8. The number of amides is 2. The van der Waals surface area contributed by atoms with Crippen LogP contribution in [0.15, 0.2) is 71.2 Å². The Labute approximate surface area is 229 Å². The van der Waals surface area contributed by atoms with Crippen LogP contribution in [0.4, 0.5) is 0 Å². The maximum atomic E-state index is 13.9. The minimum atomic E-state index is -0.558. The molecule has 6 rings (SSSR count). The average molecular weight is 574 g/mol. The van der Waals surface area contributed by atoms with Gasteiger partial charge in [-0.15, -0.1) is 0 Å². The zero-order valence-corrected chi connectivity index (χ0v) is 22.8. The van der Waals surface area contributed by atoms with Crippen molar-refractivity contribution in [2.75, 3.05) is 27.3 Å². The zero-order chi connectivity index (χ0) is 26.4. The Kier molecular flexibility index (Phi) is 6.35. The molecule has 4 aromatic rings. The maximum Gasteiger partial charge on any atom is 0.246 e. The second-order valence-corrected chi connectivity index (χ2v) is 10.7. The van der Waals surface area contributed by atoms with Crippen LogP contribution in [-0.2, 0) is 22.4 Å². The van der Waals surface area contributed by atoms with Crippen LogP contribution in [0.2, 0.25) is 0 Å². The molecule has 7 nitrogen and oxygen atoms in total. The van der Waals surface area contributed by atoms with Crippen molar-refractivity contribution in [1.29, 1.82) is 0 Å². The molecular weight excluding hydrogens is 546 g/mol. The standard InChI is InChI=1S/C30H28BrN3O4/c1-37-25-11-10-18(14-26(25)38-2)12-13-33-17-27(35)34-24(30(33)36)16-22-21-8-3-4-9-23(21)32-28(22)29(34)19-6-5-7-20(31)15-19/h3-11,14-15,24,29,32H,12-13,16-17H2,1-2H3. The average Bonchev–Trinajstić information content (AvgIpc) is 3.31. The lowest BCUT2D eigenvalue weighted by atomic mass is 9.86. The Morgan fingerprint density at radius 3 is 2.58 bits per heavy atom. The number of methoxy groups -OCH3 is 2. The third-order valence-electron chi connectivity index (χ3n) is 7.63. The van der Waals surface area contributed by atoms with Crippen molar-refractivity contribution in [3.8, 4) is 11.5 Å². The second-order valence-electron chi connectivity index (χ2n) is 9.74. The number of para-hydroxylation sites is 1. The van der Waals surface area contributed by atoms with Crippen molar-refractivity contribution in [3.63, 3.8) is 0 Å². The number of hydrogen-bond donors (Lipinski definition) is 1. The molecule has 1 saturated heterocycles. The van der Waals surface area contributed by atoms with Crippen LogP contribution in [0.1, 0.15) is 28.4 Å². The van der Waals surface area contributed by atoms with E-state index in [1.807, 2.05) is 60.7 Å². The van der Waals surface area contributed by atoms with Crippen LogP contribution in [0.25, 0.3) is 10.9 Å². The minimum absolute atomic E-state index is 0.0130. The van der Waals surface area contributed by atoms with E-state index in [9.17, 15) is 9.59 Å². The summed E-state index contributed by atoms with van der Waals surface area (Å²) in [5.74, 6) is 1.25. The van der Waals surface area contributed by atoms with Gasteiger partial charge < -0.3 is 24.3 Å². The largest absolute Gasteiger partial charge is 0.493 e. The lowest BCUT2D eigenvalue weighted by molar-refractivity contribution is -0.158. The number of benzene rings is 3. The highest BCUT2D eigenvalue weighted by Crippen LogP contribution is 2.43. The Balaban J connectivity index is 1.34. The molecule has 2 amide bonds. The van der Waals surface area contributed by atoms with Crippen LogP contribution in [0.3, 0.4) is 0 Å². The van der Waals surface area contributed by atoms with E-state index in [-0.39, 0.29) is 24.4 Å².